The molecule has 368 valence electrons. The fourth-order valence-electron chi connectivity index (χ4n) is 10.3. The van der Waals surface area contributed by atoms with Crippen molar-refractivity contribution >= 4 is 0 Å². The smallest absolute Gasteiger partial charge is 0.254 e. The van der Waals surface area contributed by atoms with Gasteiger partial charge in [0.15, 0.2) is 11.5 Å². The molecule has 0 saturated carbocycles. The minimum Gasteiger partial charge on any atom is -0.450 e. The molecule has 77 heavy (non-hydrogen) atoms. The van der Waals surface area contributed by atoms with Gasteiger partial charge in [0.05, 0.1) is 0 Å². The van der Waals surface area contributed by atoms with E-state index in [1.54, 1.807) is 0 Å². The second kappa shape index (κ2) is 21.5. The Bertz CT molecular complexity index is 3560. The Labute approximate surface area is 451 Å². The molecule has 0 bridgehead atoms. The average Bonchev–Trinajstić information content (AvgIpc) is 3.50. The van der Waals surface area contributed by atoms with Crippen molar-refractivity contribution in [1.29, 1.82) is 0 Å². The Kier molecular flexibility index (Phi) is 13.4. The third-order valence-corrected chi connectivity index (χ3v) is 14.4. The predicted octanol–water partition coefficient (Wildman–Crippen LogP) is 18.2. The van der Waals surface area contributed by atoms with Crippen LogP contribution >= 0.6 is 0 Å². The Morgan fingerprint density at radius 1 is 0.247 bits per heavy atom. The maximum Gasteiger partial charge on any atom is 0.254 e. The maximum atomic E-state index is 6.90. The van der Waals surface area contributed by atoms with Gasteiger partial charge in [-0.15, -0.1) is 9.13 Å². The topological polar surface area (TPSA) is 26.2 Å². The van der Waals surface area contributed by atoms with E-state index in [0.29, 0.717) is 0 Å². The van der Waals surface area contributed by atoms with Gasteiger partial charge in [-0.2, -0.15) is 0 Å². The monoisotopic (exact) mass is 992 g/mol. The quantitative estimate of drug-likeness (QED) is 0.102. The van der Waals surface area contributed by atoms with E-state index in [9.17, 15) is 0 Å². The molecule has 0 aliphatic rings. The highest BCUT2D eigenvalue weighted by atomic mass is 16.5. The lowest BCUT2D eigenvalue weighted by molar-refractivity contribution is -0.572. The number of pyridine rings is 2. The number of aromatic nitrogens is 2. The fraction of sp³-hybridized carbons (Fsp3) is 0.0411. The molecule has 0 unspecified atom stereocenters. The summed E-state index contributed by atoms with van der Waals surface area (Å²) >= 11 is 0. The zero-order chi connectivity index (χ0) is 52.0. The lowest BCUT2D eigenvalue weighted by atomic mass is 9.78. The highest BCUT2D eigenvalue weighted by Gasteiger charge is 2.31. The lowest BCUT2D eigenvalue weighted by Gasteiger charge is -2.26. The molecular weight excluding hydrogens is 937 g/mol. The number of para-hydroxylation sites is 4. The zero-order valence-electron chi connectivity index (χ0n) is 43.1. The van der Waals surface area contributed by atoms with Gasteiger partial charge in [-0.25, -0.2) is 0 Å². The van der Waals surface area contributed by atoms with E-state index in [1.165, 1.54) is 0 Å². The van der Waals surface area contributed by atoms with E-state index in [4.69, 9.17) is 9.47 Å². The van der Waals surface area contributed by atoms with Crippen molar-refractivity contribution in [3.8, 4) is 102 Å². The third-order valence-electron chi connectivity index (χ3n) is 14.4. The Morgan fingerprint density at radius 3 is 0.779 bits per heavy atom. The molecule has 0 aliphatic heterocycles. The maximum absolute atomic E-state index is 6.90. The van der Waals surface area contributed by atoms with Gasteiger partial charge in [0, 0.05) is 64.1 Å². The summed E-state index contributed by atoms with van der Waals surface area (Å²) in [5.41, 5.74) is 17.1. The predicted molar refractivity (Wildman–Crippen MR) is 314 cm³/mol. The van der Waals surface area contributed by atoms with Crippen LogP contribution in [0.25, 0.3) is 78.7 Å². The summed E-state index contributed by atoms with van der Waals surface area (Å²) in [5, 5.41) is 0. The van der Waals surface area contributed by atoms with E-state index in [0.717, 1.165) is 113 Å². The van der Waals surface area contributed by atoms with Crippen LogP contribution in [-0.4, -0.2) is 0 Å². The molecule has 0 amide bonds. The van der Waals surface area contributed by atoms with Crippen LogP contribution in [0.4, 0.5) is 0 Å². The summed E-state index contributed by atoms with van der Waals surface area (Å²) in [5.74, 6) is 3.00. The van der Waals surface area contributed by atoms with Crippen LogP contribution in [0.2, 0.25) is 0 Å². The van der Waals surface area contributed by atoms with Crippen molar-refractivity contribution < 1.29 is 18.6 Å². The van der Waals surface area contributed by atoms with Crippen molar-refractivity contribution in [1.82, 2.24) is 0 Å². The van der Waals surface area contributed by atoms with Crippen molar-refractivity contribution in [2.45, 2.75) is 19.3 Å². The highest BCUT2D eigenvalue weighted by molar-refractivity contribution is 5.76. The van der Waals surface area contributed by atoms with Gasteiger partial charge < -0.3 is 9.47 Å². The molecule has 0 saturated heterocycles. The van der Waals surface area contributed by atoms with Gasteiger partial charge in [0.1, 0.15) is 11.5 Å². The molecule has 4 nitrogen and oxygen atoms in total. The average molecular weight is 993 g/mol. The molecule has 0 aliphatic carbocycles. The third kappa shape index (κ3) is 10.1. The fourth-order valence-corrected chi connectivity index (χ4v) is 10.3. The van der Waals surface area contributed by atoms with Gasteiger partial charge >= 0.3 is 0 Å². The number of rotatable bonds is 14. The van der Waals surface area contributed by atoms with Crippen LogP contribution in [0.3, 0.4) is 0 Å². The summed E-state index contributed by atoms with van der Waals surface area (Å²) in [7, 11) is 0. The van der Waals surface area contributed by atoms with Crippen LogP contribution < -0.4 is 18.6 Å². The molecule has 0 fully saturated rings. The summed E-state index contributed by atoms with van der Waals surface area (Å²) < 4.78 is 18.5. The van der Waals surface area contributed by atoms with Crippen molar-refractivity contribution in [2.24, 2.45) is 0 Å². The summed E-state index contributed by atoms with van der Waals surface area (Å²) in [6.45, 7) is 4.53. The number of hydrogen-bond donors (Lipinski definition) is 0. The highest BCUT2D eigenvalue weighted by Crippen LogP contribution is 2.39. The standard InChI is InChI=1S/C73H56N2O2/c1-73(2,61-41-45-63(46-42-61)76-71-39-23-21-37-65(71)74-67(55-29-13-5-14-30-55)49-59(53-25-9-3-10-26-53)50-68(74)56-31-15-6-16-32-56)62-43-47-64(48-44-62)77-72-40-24-22-38-66(72)75-69(57-33-17-7-18-34-57)51-60(54-27-11-4-12-28-54)52-70(75)58-35-19-8-20-36-58/h3-52H,1-2H3/q+2. The van der Waals surface area contributed by atoms with Gasteiger partial charge in [-0.3, -0.25) is 0 Å². The Morgan fingerprint density at radius 2 is 0.494 bits per heavy atom. The molecule has 10 aromatic carbocycles. The van der Waals surface area contributed by atoms with Crippen LogP contribution in [0.15, 0.2) is 303 Å². The first-order chi connectivity index (χ1) is 37.9. The summed E-state index contributed by atoms with van der Waals surface area (Å²) in [6.07, 6.45) is 0. The molecule has 12 aromatic rings. The van der Waals surface area contributed by atoms with Crippen LogP contribution in [0.1, 0.15) is 25.0 Å². The minimum atomic E-state index is -0.329. The van der Waals surface area contributed by atoms with Crippen molar-refractivity contribution in [3.05, 3.63) is 314 Å². The molecule has 4 heteroatoms. The van der Waals surface area contributed by atoms with E-state index in [1.807, 2.05) is 12.1 Å². The van der Waals surface area contributed by atoms with Gasteiger partial charge in [-0.1, -0.05) is 196 Å². The minimum absolute atomic E-state index is 0.329. The van der Waals surface area contributed by atoms with Crippen LogP contribution in [0, 0.1) is 0 Å². The summed E-state index contributed by atoms with van der Waals surface area (Å²) in [6, 6.07) is 106. The number of benzene rings is 10. The molecular formula is C73H56N2O2+2. The van der Waals surface area contributed by atoms with E-state index in [2.05, 4.69) is 314 Å². The van der Waals surface area contributed by atoms with Crippen molar-refractivity contribution in [2.75, 3.05) is 0 Å². The van der Waals surface area contributed by atoms with E-state index >= 15 is 0 Å². The van der Waals surface area contributed by atoms with Gasteiger partial charge in [0.25, 0.3) is 11.4 Å². The molecule has 0 N–H and O–H groups in total. The molecule has 2 aromatic heterocycles. The SMILES string of the molecule is CC(C)(c1ccc(Oc2ccccc2-[n+]2c(-c3ccccc3)cc(-c3ccccc3)cc2-c2ccccc2)cc1)c1ccc(Oc2ccccc2-[n+]2c(-c3ccccc3)cc(-c3ccccc3)cc2-c2ccccc2)cc1. The molecule has 0 spiro atoms. The first-order valence-electron chi connectivity index (χ1n) is 26.2. The number of hydrogen-bond acceptors (Lipinski definition) is 2. The van der Waals surface area contributed by atoms with E-state index in [-0.39, 0.29) is 5.41 Å². The normalized spacial score (nSPS) is 11.2. The number of ether oxygens (including phenoxy) is 2. The molecule has 0 radical (unpaired) electrons. The lowest BCUT2D eigenvalue weighted by Crippen LogP contribution is -2.36. The first kappa shape index (κ1) is 48.1. The molecule has 12 rings (SSSR count). The van der Waals surface area contributed by atoms with Gasteiger partial charge in [0.2, 0.25) is 22.8 Å². The Balaban J connectivity index is 0.848. The Hall–Kier alpha value is -9.90. The summed E-state index contributed by atoms with van der Waals surface area (Å²) in [4.78, 5) is 0. The van der Waals surface area contributed by atoms with Crippen molar-refractivity contribution in [3.63, 3.8) is 0 Å². The molecule has 0 atom stereocenters. The van der Waals surface area contributed by atoms with Crippen LogP contribution in [-0.2, 0) is 5.41 Å². The zero-order valence-corrected chi connectivity index (χ0v) is 43.1. The largest absolute Gasteiger partial charge is 0.450 e. The first-order valence-corrected chi connectivity index (χ1v) is 26.2. The molecule has 2 heterocycles. The number of nitrogens with zero attached hydrogens (tertiary/aromatic N) is 2. The van der Waals surface area contributed by atoms with Crippen LogP contribution in [0.5, 0.6) is 23.0 Å². The second-order valence-electron chi connectivity index (χ2n) is 19.7. The second-order valence-corrected chi connectivity index (χ2v) is 19.7. The van der Waals surface area contributed by atoms with Gasteiger partial charge in [-0.05, 0) is 118 Å². The van der Waals surface area contributed by atoms with E-state index < -0.39 is 0 Å².